The number of halogens is 3. The molecule has 3 N–H and O–H groups in total. The molecular weight excluding hydrogens is 493 g/mol. The highest BCUT2D eigenvalue weighted by Crippen LogP contribution is 2.43. The number of nitrogens with one attached hydrogen (secondary N) is 2. The van der Waals surface area contributed by atoms with E-state index in [0.29, 0.717) is 41.6 Å². The number of hydrogen-bond acceptors (Lipinski definition) is 6. The third kappa shape index (κ3) is 5.46. The van der Waals surface area contributed by atoms with Gasteiger partial charge in [0.15, 0.2) is 17.3 Å². The van der Waals surface area contributed by atoms with Crippen LogP contribution < -0.4 is 10.6 Å². The lowest BCUT2D eigenvalue weighted by Gasteiger charge is -2.31. The second-order valence-electron chi connectivity index (χ2n) is 11.9. The minimum atomic E-state index is -1.05. The van der Waals surface area contributed by atoms with Gasteiger partial charge in [-0.2, -0.15) is 4.98 Å². The number of anilines is 3. The topological polar surface area (TPSA) is 87.9 Å². The number of aliphatic hydroxyl groups is 1. The Hall–Kier alpha value is -2.88. The van der Waals surface area contributed by atoms with Crippen molar-refractivity contribution >= 4 is 28.7 Å². The van der Waals surface area contributed by atoms with E-state index in [0.717, 1.165) is 31.6 Å². The van der Waals surface area contributed by atoms with Crippen LogP contribution in [0.4, 0.5) is 30.8 Å². The first-order chi connectivity index (χ1) is 18.0. The zero-order valence-electron chi connectivity index (χ0n) is 22.4. The number of rotatable bonds is 7. The van der Waals surface area contributed by atoms with Crippen LogP contribution in [-0.4, -0.2) is 36.3 Å². The van der Waals surface area contributed by atoms with Gasteiger partial charge >= 0.3 is 0 Å². The van der Waals surface area contributed by atoms with E-state index in [4.69, 9.17) is 4.98 Å². The number of nitrogens with zero attached hydrogens (tertiary/aromatic N) is 4. The largest absolute Gasteiger partial charge is 0.390 e. The highest BCUT2D eigenvalue weighted by Gasteiger charge is 2.37. The van der Waals surface area contributed by atoms with E-state index in [1.54, 1.807) is 20.0 Å². The number of hydrogen-bond donors (Lipinski definition) is 3. The first-order valence-electron chi connectivity index (χ1n) is 13.6. The first-order valence-corrected chi connectivity index (χ1v) is 13.6. The minimum Gasteiger partial charge on any atom is -0.390 e. The molecule has 1 aromatic carbocycles. The van der Waals surface area contributed by atoms with Crippen LogP contribution >= 0.6 is 0 Å². The maximum atomic E-state index is 14.5. The number of imidazole rings is 1. The van der Waals surface area contributed by atoms with Gasteiger partial charge in [-0.25, -0.2) is 23.1 Å². The van der Waals surface area contributed by atoms with Crippen LogP contribution in [0.3, 0.4) is 0 Å². The highest BCUT2D eigenvalue weighted by molar-refractivity contribution is 5.76. The van der Waals surface area contributed by atoms with Crippen molar-refractivity contribution in [1.82, 2.24) is 19.5 Å². The van der Waals surface area contributed by atoms with E-state index < -0.39 is 28.7 Å². The molecule has 0 spiro atoms. The molecule has 2 saturated carbocycles. The molecule has 2 heterocycles. The molecule has 0 radical (unpaired) electrons. The second kappa shape index (κ2) is 10.4. The monoisotopic (exact) mass is 530 g/mol. The molecule has 7 nitrogen and oxygen atoms in total. The quantitative estimate of drug-likeness (QED) is 0.314. The number of aromatic nitrogens is 4. The van der Waals surface area contributed by atoms with E-state index in [-0.39, 0.29) is 23.9 Å². The molecule has 38 heavy (non-hydrogen) atoms. The molecule has 0 bridgehead atoms. The summed E-state index contributed by atoms with van der Waals surface area (Å²) in [5.74, 6) is -0.924. The van der Waals surface area contributed by atoms with E-state index in [1.807, 2.05) is 4.57 Å². The Bertz CT molecular complexity index is 1270. The summed E-state index contributed by atoms with van der Waals surface area (Å²) >= 11 is 0. The Morgan fingerprint density at radius 1 is 1.00 bits per heavy atom. The third-order valence-corrected chi connectivity index (χ3v) is 8.49. The van der Waals surface area contributed by atoms with Crippen molar-refractivity contribution in [3.63, 3.8) is 0 Å². The fraction of sp³-hybridized carbons (Fsp3) is 0.607. The van der Waals surface area contributed by atoms with Crippen LogP contribution in [0.15, 0.2) is 18.3 Å². The van der Waals surface area contributed by atoms with Crippen molar-refractivity contribution < 1.29 is 18.3 Å². The molecule has 2 atom stereocenters. The summed E-state index contributed by atoms with van der Waals surface area (Å²) in [6, 6.07) is 1.45. The fourth-order valence-corrected chi connectivity index (χ4v) is 6.11. The number of fused-ring (bicyclic) bond motifs is 1. The zero-order chi connectivity index (χ0) is 27.2. The van der Waals surface area contributed by atoms with E-state index in [1.165, 1.54) is 12.8 Å². The van der Waals surface area contributed by atoms with Crippen molar-refractivity contribution in [2.45, 2.75) is 90.3 Å². The van der Waals surface area contributed by atoms with Crippen LogP contribution in [0.1, 0.15) is 78.7 Å². The van der Waals surface area contributed by atoms with Gasteiger partial charge in [0.05, 0.1) is 11.8 Å². The molecule has 3 aromatic rings. The smallest absolute Gasteiger partial charge is 0.224 e. The van der Waals surface area contributed by atoms with Gasteiger partial charge in [0.2, 0.25) is 11.9 Å². The van der Waals surface area contributed by atoms with E-state index >= 15 is 0 Å². The lowest BCUT2D eigenvalue weighted by Crippen LogP contribution is -2.29. The minimum absolute atomic E-state index is 0.0488. The predicted molar refractivity (Wildman–Crippen MR) is 142 cm³/mol. The maximum absolute atomic E-state index is 14.5. The van der Waals surface area contributed by atoms with Gasteiger partial charge < -0.3 is 15.7 Å². The summed E-state index contributed by atoms with van der Waals surface area (Å²) in [5.41, 5.74) is -0.306. The second-order valence-corrected chi connectivity index (χ2v) is 11.9. The first kappa shape index (κ1) is 26.7. The van der Waals surface area contributed by atoms with Gasteiger partial charge in [0.1, 0.15) is 17.0 Å². The Kier molecular flexibility index (Phi) is 7.28. The lowest BCUT2D eigenvalue weighted by atomic mass is 9.80. The van der Waals surface area contributed by atoms with Gasteiger partial charge in [0.25, 0.3) is 0 Å². The van der Waals surface area contributed by atoms with Crippen molar-refractivity contribution in [3.05, 3.63) is 35.8 Å². The molecule has 2 fully saturated rings. The molecule has 0 aliphatic heterocycles. The van der Waals surface area contributed by atoms with Gasteiger partial charge in [-0.3, -0.25) is 4.57 Å². The predicted octanol–water partition coefficient (Wildman–Crippen LogP) is 6.73. The van der Waals surface area contributed by atoms with Gasteiger partial charge in [-0.15, -0.1) is 0 Å². The molecule has 0 unspecified atom stereocenters. The fourth-order valence-electron chi connectivity index (χ4n) is 6.11. The third-order valence-electron chi connectivity index (χ3n) is 8.49. The zero-order valence-corrected chi connectivity index (χ0v) is 22.4. The van der Waals surface area contributed by atoms with Crippen LogP contribution in [0.5, 0.6) is 0 Å². The molecule has 5 rings (SSSR count). The Morgan fingerprint density at radius 3 is 2.29 bits per heavy atom. The molecule has 0 saturated heterocycles. The number of benzene rings is 1. The lowest BCUT2D eigenvalue weighted by molar-refractivity contribution is 0.0186. The summed E-state index contributed by atoms with van der Waals surface area (Å²) in [7, 11) is 0. The van der Waals surface area contributed by atoms with Gasteiger partial charge in [-0.1, -0.05) is 13.8 Å². The summed E-state index contributed by atoms with van der Waals surface area (Å²) in [4.78, 5) is 13.9. The summed E-state index contributed by atoms with van der Waals surface area (Å²) in [5, 5.41) is 16.9. The summed E-state index contributed by atoms with van der Waals surface area (Å²) in [6.45, 7) is 8.15. The molecule has 206 valence electrons. The normalized spacial score (nSPS) is 24.3. The average molecular weight is 531 g/mol. The van der Waals surface area contributed by atoms with Gasteiger partial charge in [0, 0.05) is 24.2 Å². The van der Waals surface area contributed by atoms with Crippen molar-refractivity contribution in [1.29, 1.82) is 0 Å². The maximum Gasteiger partial charge on any atom is 0.224 e. The summed E-state index contributed by atoms with van der Waals surface area (Å²) in [6.07, 6.45) is 8.25. The molecule has 2 aliphatic rings. The Labute approximate surface area is 221 Å². The van der Waals surface area contributed by atoms with Crippen molar-refractivity contribution in [2.24, 2.45) is 17.8 Å². The summed E-state index contributed by atoms with van der Waals surface area (Å²) < 4.78 is 44.4. The van der Waals surface area contributed by atoms with Crippen LogP contribution in [0.2, 0.25) is 0 Å². The highest BCUT2D eigenvalue weighted by atomic mass is 19.1. The Morgan fingerprint density at radius 2 is 1.68 bits per heavy atom. The van der Waals surface area contributed by atoms with Crippen molar-refractivity contribution in [2.75, 3.05) is 10.6 Å². The van der Waals surface area contributed by atoms with Crippen LogP contribution in [0.25, 0.3) is 11.2 Å². The average Bonchev–Trinajstić information content (AvgIpc) is 3.46. The van der Waals surface area contributed by atoms with E-state index in [2.05, 4.69) is 34.4 Å². The standard InChI is InChI=1S/C28H37F3N6O/c1-15(2)16-5-8-19(9-6-16)33-26-32-14-23-25(36-26)37(20-10-7-17(11-20)28(3,4)38)27(34-23)35-24-21(30)12-18(29)13-22(24)31/h12-17,19-20,38H,5-11H2,1-4H3,(H,34,35)(H,32,33,36)/t16?,17-,19?,20+/m0/s1. The molecule has 10 heteroatoms. The molecule has 0 amide bonds. The van der Waals surface area contributed by atoms with E-state index in [9.17, 15) is 18.3 Å². The van der Waals surface area contributed by atoms with Crippen molar-refractivity contribution in [3.8, 4) is 0 Å². The SMILES string of the molecule is CC(C)C1CCC(Nc2ncc3nc(Nc4c(F)cc(F)cc4F)n([C@@H]4CC[C@H](C(C)(C)O)C4)c3n2)CC1. The Balaban J connectivity index is 1.48. The van der Waals surface area contributed by atoms with Crippen LogP contribution in [-0.2, 0) is 0 Å². The molecule has 2 aromatic heterocycles. The van der Waals surface area contributed by atoms with Gasteiger partial charge in [-0.05, 0) is 76.5 Å². The van der Waals surface area contributed by atoms with Crippen LogP contribution in [0, 0.1) is 35.2 Å². The molecule has 2 aliphatic carbocycles. The molecular formula is C28H37F3N6O.